The molecule has 3 N–H and O–H groups in total. The number of carbonyl (C=O) groups excluding carboxylic acids is 2. The first-order valence-corrected chi connectivity index (χ1v) is 12.5. The zero-order chi connectivity index (χ0) is 23.5. The van der Waals surface area contributed by atoms with Gasteiger partial charge in [-0.05, 0) is 48.1 Å². The molecular formula is C24H24BrN3O4S. The summed E-state index contributed by atoms with van der Waals surface area (Å²) in [6.07, 6.45) is 1.71. The molecule has 0 bridgehead atoms. The minimum absolute atomic E-state index is 0.0672. The zero-order valence-electron chi connectivity index (χ0n) is 18.0. The number of nitrogens with one attached hydrogen (secondary N) is 2. The van der Waals surface area contributed by atoms with Gasteiger partial charge in [-0.25, -0.2) is 4.79 Å². The van der Waals surface area contributed by atoms with Crippen molar-refractivity contribution < 1.29 is 19.5 Å². The maximum atomic E-state index is 13.4. The van der Waals surface area contributed by atoms with Gasteiger partial charge in [-0.1, -0.05) is 52.0 Å². The summed E-state index contributed by atoms with van der Waals surface area (Å²) in [5, 5.41) is 20.4. The van der Waals surface area contributed by atoms with Crippen LogP contribution in [0.3, 0.4) is 0 Å². The lowest BCUT2D eigenvalue weighted by atomic mass is 9.87. The molecule has 33 heavy (non-hydrogen) atoms. The fourth-order valence-electron chi connectivity index (χ4n) is 4.47. The van der Waals surface area contributed by atoms with Gasteiger partial charge in [0.15, 0.2) is 5.12 Å². The first-order valence-electron chi connectivity index (χ1n) is 10.7. The monoisotopic (exact) mass is 529 g/mol. The Hall–Kier alpha value is -2.65. The number of carbonyl (C=O) groups is 3. The van der Waals surface area contributed by atoms with Crippen molar-refractivity contribution >= 4 is 55.6 Å². The molecule has 3 unspecified atom stereocenters. The van der Waals surface area contributed by atoms with Crippen molar-refractivity contribution in [2.45, 2.75) is 38.1 Å². The van der Waals surface area contributed by atoms with Crippen LogP contribution in [0.2, 0.25) is 0 Å². The molecule has 1 heterocycles. The molecule has 7 nitrogen and oxygen atoms in total. The maximum Gasteiger partial charge on any atom is 0.326 e. The Kier molecular flexibility index (Phi) is 7.19. The summed E-state index contributed by atoms with van der Waals surface area (Å²) in [5.41, 5.74) is 3.67. The molecule has 0 fully saturated rings. The van der Waals surface area contributed by atoms with E-state index in [9.17, 15) is 19.5 Å². The molecule has 0 spiro atoms. The predicted octanol–water partition coefficient (Wildman–Crippen LogP) is 4.06. The van der Waals surface area contributed by atoms with E-state index >= 15 is 0 Å². The largest absolute Gasteiger partial charge is 0.480 e. The van der Waals surface area contributed by atoms with Gasteiger partial charge in [0.25, 0.3) is 0 Å². The topological polar surface area (TPSA) is 112 Å². The number of halogens is 1. The Morgan fingerprint density at radius 3 is 2.82 bits per heavy atom. The number of hydrogen-bond donors (Lipinski definition) is 3. The number of aromatic amines is 1. The van der Waals surface area contributed by atoms with Crippen molar-refractivity contribution in [3.05, 3.63) is 63.8 Å². The molecule has 9 heteroatoms. The number of aliphatic carboxylic acids is 1. The van der Waals surface area contributed by atoms with Crippen LogP contribution in [-0.2, 0) is 27.2 Å². The van der Waals surface area contributed by atoms with E-state index in [4.69, 9.17) is 0 Å². The van der Waals surface area contributed by atoms with Crippen LogP contribution in [0.25, 0.3) is 10.9 Å². The molecule has 172 valence electrons. The highest BCUT2D eigenvalue weighted by atomic mass is 79.9. The van der Waals surface area contributed by atoms with Crippen molar-refractivity contribution in [2.24, 2.45) is 5.92 Å². The summed E-state index contributed by atoms with van der Waals surface area (Å²) in [5.74, 6) is -1.73. The molecule has 4 rings (SSSR count). The van der Waals surface area contributed by atoms with Crippen LogP contribution < -0.4 is 5.32 Å². The van der Waals surface area contributed by atoms with Crippen LogP contribution in [0, 0.1) is 5.92 Å². The second-order valence-electron chi connectivity index (χ2n) is 8.22. The van der Waals surface area contributed by atoms with E-state index in [2.05, 4.69) is 37.5 Å². The average molecular weight is 530 g/mol. The van der Waals surface area contributed by atoms with Crippen LogP contribution >= 0.6 is 27.7 Å². The summed E-state index contributed by atoms with van der Waals surface area (Å²) in [6.45, 7) is 1.47. The van der Waals surface area contributed by atoms with Crippen molar-refractivity contribution in [1.29, 1.82) is 0 Å². The lowest BCUT2D eigenvalue weighted by Gasteiger charge is -2.25. The van der Waals surface area contributed by atoms with E-state index in [1.54, 1.807) is 0 Å². The minimum Gasteiger partial charge on any atom is -0.480 e. The number of hydrogen-bond acceptors (Lipinski definition) is 5. The third-order valence-corrected chi connectivity index (χ3v) is 7.51. The smallest absolute Gasteiger partial charge is 0.326 e. The Balaban J connectivity index is 1.56. The minimum atomic E-state index is -1.12. The number of H-pyrrole nitrogens is 1. The Bertz CT molecular complexity index is 1210. The number of benzene rings is 2. The number of rotatable bonds is 8. The fraction of sp³-hybridized carbons (Fsp3) is 0.333. The fourth-order valence-corrected chi connectivity index (χ4v) is 5.68. The number of aromatic nitrogens is 2. The van der Waals surface area contributed by atoms with Gasteiger partial charge in [0, 0.05) is 34.7 Å². The highest BCUT2D eigenvalue weighted by Crippen LogP contribution is 2.41. The molecule has 1 amide bonds. The number of amides is 1. The number of thioether (sulfide) groups is 1. The first-order chi connectivity index (χ1) is 15.8. The second-order valence-corrected chi connectivity index (χ2v) is 10.3. The number of fused-ring (bicyclic) bond motifs is 2. The lowest BCUT2D eigenvalue weighted by molar-refractivity contribution is -0.142. The number of carboxylic acids is 1. The van der Waals surface area contributed by atoms with E-state index in [1.807, 2.05) is 36.4 Å². The molecule has 3 atom stereocenters. The average Bonchev–Trinajstić information content (AvgIpc) is 3.37. The number of nitrogens with zero attached hydrogens (tertiary/aromatic N) is 1. The molecule has 1 aliphatic rings. The van der Waals surface area contributed by atoms with Crippen LogP contribution in [0.5, 0.6) is 0 Å². The molecule has 3 aromatic rings. The van der Waals surface area contributed by atoms with Gasteiger partial charge < -0.3 is 10.4 Å². The van der Waals surface area contributed by atoms with Gasteiger partial charge in [0.2, 0.25) is 5.91 Å². The van der Waals surface area contributed by atoms with Crippen LogP contribution in [0.4, 0.5) is 0 Å². The summed E-state index contributed by atoms with van der Waals surface area (Å²) in [7, 11) is 0. The van der Waals surface area contributed by atoms with Gasteiger partial charge in [0.05, 0.1) is 11.4 Å². The third-order valence-electron chi connectivity index (χ3n) is 6.08. The van der Waals surface area contributed by atoms with Crippen molar-refractivity contribution in [1.82, 2.24) is 15.5 Å². The second kappa shape index (κ2) is 10.1. The van der Waals surface area contributed by atoms with E-state index < -0.39 is 17.9 Å². The number of aryl methyl sites for hydroxylation is 1. The highest BCUT2D eigenvalue weighted by Gasteiger charge is 2.36. The van der Waals surface area contributed by atoms with E-state index in [1.165, 1.54) is 12.5 Å². The van der Waals surface area contributed by atoms with Gasteiger partial charge in [-0.2, -0.15) is 5.10 Å². The summed E-state index contributed by atoms with van der Waals surface area (Å²) in [4.78, 5) is 37.1. The van der Waals surface area contributed by atoms with Crippen LogP contribution in [0.15, 0.2) is 46.9 Å². The Morgan fingerprint density at radius 1 is 1.27 bits per heavy atom. The molecule has 2 aromatic carbocycles. The quantitative estimate of drug-likeness (QED) is 0.405. The predicted molar refractivity (Wildman–Crippen MR) is 131 cm³/mol. The van der Waals surface area contributed by atoms with Gasteiger partial charge >= 0.3 is 5.97 Å². The van der Waals surface area contributed by atoms with E-state index in [-0.39, 0.29) is 23.4 Å². The normalized spacial score (nSPS) is 16.8. The van der Waals surface area contributed by atoms with Gasteiger partial charge in [0.1, 0.15) is 6.04 Å². The SMILES string of the molecule is CC(=O)SCC(C(=O)NC(Cc1[nH]nc2ccccc12)C(=O)O)C1CCc2cc(Br)ccc21. The molecule has 1 aromatic heterocycles. The molecule has 0 saturated heterocycles. The third kappa shape index (κ3) is 5.30. The molecule has 0 saturated carbocycles. The van der Waals surface area contributed by atoms with Gasteiger partial charge in [-0.3, -0.25) is 14.7 Å². The standard InChI is InChI=1S/C24H24BrN3O4S/c1-13(29)33-12-19(17-8-6-14-10-15(25)7-9-16(14)17)23(30)26-22(24(31)32)11-21-18-4-2-3-5-20(18)27-28-21/h2-5,7,9-10,17,19,22H,6,8,11-12H2,1H3,(H,26,30)(H,27,28)(H,31,32). The first kappa shape index (κ1) is 23.5. The van der Waals surface area contributed by atoms with Gasteiger partial charge in [-0.15, -0.1) is 0 Å². The number of carboxylic acid groups (broad SMARTS) is 1. The highest BCUT2D eigenvalue weighted by molar-refractivity contribution is 9.10. The summed E-state index contributed by atoms with van der Waals surface area (Å²) < 4.78 is 0.985. The number of para-hydroxylation sites is 1. The zero-order valence-corrected chi connectivity index (χ0v) is 20.4. The lowest BCUT2D eigenvalue weighted by Crippen LogP contribution is -2.46. The van der Waals surface area contributed by atoms with Crippen LogP contribution in [0.1, 0.15) is 36.1 Å². The Morgan fingerprint density at radius 2 is 2.06 bits per heavy atom. The summed E-state index contributed by atoms with van der Waals surface area (Å²) in [6, 6.07) is 12.3. The molecule has 0 radical (unpaired) electrons. The Labute approximate surface area is 203 Å². The van der Waals surface area contributed by atoms with Crippen molar-refractivity contribution in [2.75, 3.05) is 5.75 Å². The van der Waals surface area contributed by atoms with E-state index in [0.717, 1.165) is 45.5 Å². The molecular weight excluding hydrogens is 506 g/mol. The van der Waals surface area contributed by atoms with E-state index in [0.29, 0.717) is 11.4 Å². The van der Waals surface area contributed by atoms with Crippen molar-refractivity contribution in [3.63, 3.8) is 0 Å². The molecule has 0 aliphatic heterocycles. The molecule has 1 aliphatic carbocycles. The van der Waals surface area contributed by atoms with Crippen LogP contribution in [-0.4, -0.2) is 44.1 Å². The maximum absolute atomic E-state index is 13.4. The summed E-state index contributed by atoms with van der Waals surface area (Å²) >= 11 is 4.60. The van der Waals surface area contributed by atoms with Crippen molar-refractivity contribution in [3.8, 4) is 0 Å².